The van der Waals surface area contributed by atoms with E-state index in [1.54, 1.807) is 12.3 Å². The Balaban J connectivity index is 1.87. The van der Waals surface area contributed by atoms with E-state index in [-0.39, 0.29) is 23.8 Å². The van der Waals surface area contributed by atoms with Crippen molar-refractivity contribution in [3.63, 3.8) is 0 Å². The van der Waals surface area contributed by atoms with Gasteiger partial charge in [-0.1, -0.05) is 6.07 Å². The van der Waals surface area contributed by atoms with E-state index in [0.717, 1.165) is 28.3 Å². The highest BCUT2D eigenvalue weighted by Gasteiger charge is 2.42. The lowest BCUT2D eigenvalue weighted by atomic mass is 9.96. The van der Waals surface area contributed by atoms with Crippen LogP contribution in [0.15, 0.2) is 48.7 Å². The van der Waals surface area contributed by atoms with Gasteiger partial charge in [-0.3, -0.25) is 15.1 Å². The molecule has 2 unspecified atom stereocenters. The second-order valence-corrected chi connectivity index (χ2v) is 8.79. The van der Waals surface area contributed by atoms with Crippen molar-refractivity contribution in [1.29, 1.82) is 0 Å². The fourth-order valence-electron chi connectivity index (χ4n) is 4.68. The van der Waals surface area contributed by atoms with Crippen LogP contribution in [0.4, 0.5) is 5.69 Å². The summed E-state index contributed by atoms with van der Waals surface area (Å²) in [6, 6.07) is 12.8. The van der Waals surface area contributed by atoms with Crippen molar-refractivity contribution in [2.45, 2.75) is 45.8 Å². The number of methoxy groups -OCH3 is 1. The van der Waals surface area contributed by atoms with Crippen LogP contribution in [-0.2, 0) is 0 Å². The Morgan fingerprint density at radius 1 is 1.21 bits per heavy atom. The van der Waals surface area contributed by atoms with Gasteiger partial charge in [0.2, 0.25) is 0 Å². The summed E-state index contributed by atoms with van der Waals surface area (Å²) in [5.74, 6) is 0.444. The Hall–Kier alpha value is -3.46. The number of thiocarbonyl (C=S) groups is 1. The number of nitro benzene ring substituents is 1. The highest BCUT2D eigenvalue weighted by Crippen LogP contribution is 2.43. The van der Waals surface area contributed by atoms with E-state index in [0.29, 0.717) is 10.9 Å². The Morgan fingerprint density at radius 3 is 2.58 bits per heavy atom. The average Bonchev–Trinajstić information content (AvgIpc) is 3.29. The third kappa shape index (κ3) is 3.93. The van der Waals surface area contributed by atoms with Crippen LogP contribution in [0.3, 0.4) is 0 Å². The molecule has 8 nitrogen and oxygen atoms in total. The van der Waals surface area contributed by atoms with Gasteiger partial charge < -0.3 is 19.5 Å². The van der Waals surface area contributed by atoms with Gasteiger partial charge in [-0.15, -0.1) is 0 Å². The summed E-state index contributed by atoms with van der Waals surface area (Å²) < 4.78 is 7.60. The molecule has 9 heteroatoms. The van der Waals surface area contributed by atoms with Crippen LogP contribution in [-0.4, -0.2) is 37.6 Å². The Bertz CT molecular complexity index is 1210. The van der Waals surface area contributed by atoms with Crippen molar-refractivity contribution >= 4 is 23.0 Å². The molecule has 1 N–H and O–H groups in total. The van der Waals surface area contributed by atoms with Crippen molar-refractivity contribution < 1.29 is 9.66 Å². The summed E-state index contributed by atoms with van der Waals surface area (Å²) in [5.41, 5.74) is 4.79. The summed E-state index contributed by atoms with van der Waals surface area (Å²) in [7, 11) is 1.52. The number of nitro groups is 1. The van der Waals surface area contributed by atoms with Gasteiger partial charge in [0.05, 0.1) is 41.6 Å². The third-order valence-electron chi connectivity index (χ3n) is 6.10. The van der Waals surface area contributed by atoms with E-state index in [1.807, 2.05) is 25.1 Å². The van der Waals surface area contributed by atoms with Gasteiger partial charge in [0.25, 0.3) is 5.69 Å². The lowest BCUT2D eigenvalue weighted by molar-refractivity contribution is -0.384. The average molecular weight is 466 g/mol. The molecule has 0 aliphatic carbocycles. The first-order valence-electron chi connectivity index (χ1n) is 10.8. The molecule has 172 valence electrons. The quantitative estimate of drug-likeness (QED) is 0.318. The predicted molar refractivity (Wildman–Crippen MR) is 131 cm³/mol. The highest BCUT2D eigenvalue weighted by molar-refractivity contribution is 7.80. The molecule has 0 radical (unpaired) electrons. The predicted octanol–water partition coefficient (Wildman–Crippen LogP) is 4.79. The summed E-state index contributed by atoms with van der Waals surface area (Å²) in [5, 5.41) is 15.4. The molecule has 2 atom stereocenters. The van der Waals surface area contributed by atoms with Gasteiger partial charge >= 0.3 is 0 Å². The summed E-state index contributed by atoms with van der Waals surface area (Å²) in [6.07, 6.45) is 1.79. The van der Waals surface area contributed by atoms with E-state index >= 15 is 0 Å². The Labute approximate surface area is 198 Å². The molecule has 33 heavy (non-hydrogen) atoms. The van der Waals surface area contributed by atoms with Crippen molar-refractivity contribution in [2.24, 2.45) is 0 Å². The van der Waals surface area contributed by atoms with Crippen molar-refractivity contribution in [3.05, 3.63) is 81.4 Å². The molecule has 2 aromatic heterocycles. The number of hydrogen-bond donors (Lipinski definition) is 1. The molecule has 0 amide bonds. The normalized spacial score (nSPS) is 18.0. The van der Waals surface area contributed by atoms with E-state index in [1.165, 1.54) is 19.2 Å². The van der Waals surface area contributed by atoms with E-state index in [4.69, 9.17) is 17.0 Å². The van der Waals surface area contributed by atoms with Crippen LogP contribution in [0.5, 0.6) is 5.75 Å². The van der Waals surface area contributed by atoms with Crippen molar-refractivity contribution in [1.82, 2.24) is 19.8 Å². The zero-order valence-electron chi connectivity index (χ0n) is 19.3. The summed E-state index contributed by atoms with van der Waals surface area (Å²) in [6.45, 7) is 8.33. The molecule has 1 aliphatic rings. The lowest BCUT2D eigenvalue weighted by Gasteiger charge is -2.31. The van der Waals surface area contributed by atoms with Gasteiger partial charge in [0.15, 0.2) is 5.11 Å². The van der Waals surface area contributed by atoms with Crippen LogP contribution >= 0.6 is 12.2 Å². The minimum absolute atomic E-state index is 0.00942. The second-order valence-electron chi connectivity index (χ2n) is 8.40. The van der Waals surface area contributed by atoms with Crippen LogP contribution in [0.2, 0.25) is 0 Å². The standard InChI is InChI=1S/C24H27N5O3S/c1-14(2)27-23(22(26-24(27)33)19-8-6-7-11-25-19)18-12-15(3)28(16(18)4)20-10-9-17(29(30)31)13-21(20)32-5/h6-14,22-23H,1-5H3,(H,26,33). The molecule has 0 bridgehead atoms. The van der Waals surface area contributed by atoms with E-state index in [9.17, 15) is 10.1 Å². The topological polar surface area (TPSA) is 85.5 Å². The van der Waals surface area contributed by atoms with Crippen LogP contribution < -0.4 is 10.1 Å². The molecule has 1 aliphatic heterocycles. The highest BCUT2D eigenvalue weighted by atomic mass is 32.1. The maximum atomic E-state index is 11.2. The van der Waals surface area contributed by atoms with Gasteiger partial charge in [0.1, 0.15) is 5.75 Å². The largest absolute Gasteiger partial charge is 0.494 e. The summed E-state index contributed by atoms with van der Waals surface area (Å²) in [4.78, 5) is 17.6. The third-order valence-corrected chi connectivity index (χ3v) is 6.42. The monoisotopic (exact) mass is 465 g/mol. The Morgan fingerprint density at radius 2 is 1.97 bits per heavy atom. The zero-order valence-corrected chi connectivity index (χ0v) is 20.1. The number of nitrogens with zero attached hydrogens (tertiary/aromatic N) is 4. The van der Waals surface area contributed by atoms with Gasteiger partial charge in [0, 0.05) is 29.7 Å². The smallest absolute Gasteiger partial charge is 0.273 e. The van der Waals surface area contributed by atoms with Gasteiger partial charge in [-0.05, 0) is 69.7 Å². The minimum atomic E-state index is -0.420. The SMILES string of the molecule is COc1cc([N+](=O)[O-])ccc1-n1c(C)cc(C2C(c3ccccn3)NC(=S)N2C(C)C)c1C. The van der Waals surface area contributed by atoms with E-state index < -0.39 is 4.92 Å². The first-order chi connectivity index (χ1) is 15.7. The number of ether oxygens (including phenoxy) is 1. The fourth-order valence-corrected chi connectivity index (χ4v) is 5.13. The molecule has 3 heterocycles. The molecule has 1 aromatic carbocycles. The second kappa shape index (κ2) is 8.82. The first-order valence-corrected chi connectivity index (χ1v) is 11.2. The molecule has 3 aromatic rings. The van der Waals surface area contributed by atoms with Crippen LogP contribution in [0.1, 0.15) is 48.6 Å². The number of rotatable bonds is 6. The summed E-state index contributed by atoms with van der Waals surface area (Å²) >= 11 is 5.72. The maximum Gasteiger partial charge on any atom is 0.273 e. The van der Waals surface area contributed by atoms with Crippen LogP contribution in [0, 0.1) is 24.0 Å². The first kappa shape index (κ1) is 22.7. The maximum absolute atomic E-state index is 11.2. The van der Waals surface area contributed by atoms with Crippen molar-refractivity contribution in [3.8, 4) is 11.4 Å². The fraction of sp³-hybridized carbons (Fsp3) is 0.333. The lowest BCUT2D eigenvalue weighted by Crippen LogP contribution is -2.35. The zero-order chi connectivity index (χ0) is 23.9. The number of non-ortho nitro benzene ring substituents is 1. The molecule has 0 saturated carbocycles. The number of aromatic nitrogens is 2. The number of benzene rings is 1. The van der Waals surface area contributed by atoms with Gasteiger partial charge in [-0.2, -0.15) is 0 Å². The van der Waals surface area contributed by atoms with Gasteiger partial charge in [-0.25, -0.2) is 0 Å². The number of nitrogens with one attached hydrogen (secondary N) is 1. The molecular weight excluding hydrogens is 438 g/mol. The molecule has 1 fully saturated rings. The number of hydrogen-bond acceptors (Lipinski definition) is 5. The molecule has 0 spiro atoms. The molecule has 1 saturated heterocycles. The minimum Gasteiger partial charge on any atom is -0.494 e. The van der Waals surface area contributed by atoms with Crippen molar-refractivity contribution in [2.75, 3.05) is 7.11 Å². The van der Waals surface area contributed by atoms with Crippen LogP contribution in [0.25, 0.3) is 5.69 Å². The Kier molecular flexibility index (Phi) is 6.07. The molecule has 4 rings (SSSR count). The number of aryl methyl sites for hydroxylation is 1. The van der Waals surface area contributed by atoms with E-state index in [2.05, 4.69) is 46.6 Å². The molecular formula is C24H27N5O3S. The number of pyridine rings is 1.